The first kappa shape index (κ1) is 17.4. The molecule has 0 saturated carbocycles. The minimum Gasteiger partial charge on any atom is -0.325 e. The number of nitrogens with one attached hydrogen (secondary N) is 1. The Morgan fingerprint density at radius 3 is 2.65 bits per heavy atom. The fraction of sp³-hybridized carbons (Fsp3) is 0.278. The highest BCUT2D eigenvalue weighted by atomic mass is 35.5. The predicted octanol–water partition coefficient (Wildman–Crippen LogP) is 4.11. The molecule has 2 aromatic carbocycles. The Balaban J connectivity index is 1.97. The van der Waals surface area contributed by atoms with Gasteiger partial charge in [0.05, 0.1) is 6.54 Å². The van der Waals surface area contributed by atoms with Crippen molar-refractivity contribution in [2.75, 3.05) is 18.9 Å². The van der Waals surface area contributed by atoms with Gasteiger partial charge in [-0.2, -0.15) is 0 Å². The Bertz CT molecular complexity index is 670. The molecule has 1 N–H and O–H groups in total. The molecule has 0 saturated heterocycles. The molecule has 0 fully saturated rings. The number of para-hydroxylation sites is 1. The van der Waals surface area contributed by atoms with E-state index < -0.39 is 0 Å². The molecule has 122 valence electrons. The summed E-state index contributed by atoms with van der Waals surface area (Å²) in [7, 11) is 1.76. The van der Waals surface area contributed by atoms with Gasteiger partial charge in [0, 0.05) is 22.8 Å². The summed E-state index contributed by atoms with van der Waals surface area (Å²) in [5, 5.41) is 3.27. The fourth-order valence-electron chi connectivity index (χ4n) is 2.39. The normalized spacial score (nSPS) is 10.8. The zero-order valence-electron chi connectivity index (χ0n) is 13.3. The highest BCUT2D eigenvalue weighted by molar-refractivity contribution is 6.31. The molecule has 0 spiro atoms. The van der Waals surface area contributed by atoms with Gasteiger partial charge in [0.2, 0.25) is 5.91 Å². The quantitative estimate of drug-likeness (QED) is 0.862. The Labute approximate surface area is 141 Å². The summed E-state index contributed by atoms with van der Waals surface area (Å²) >= 11 is 6.01. The van der Waals surface area contributed by atoms with Crippen molar-refractivity contribution in [1.29, 1.82) is 0 Å². The highest BCUT2D eigenvalue weighted by Gasteiger charge is 2.13. The number of aryl methyl sites for hydroxylation is 1. The first-order valence-electron chi connectivity index (χ1n) is 7.50. The van der Waals surface area contributed by atoms with Gasteiger partial charge in [-0.25, -0.2) is 4.39 Å². The number of carbonyl (C=O) groups is 1. The van der Waals surface area contributed by atoms with Crippen LogP contribution in [0.1, 0.15) is 18.1 Å². The topological polar surface area (TPSA) is 32.3 Å². The van der Waals surface area contributed by atoms with Crippen molar-refractivity contribution >= 4 is 23.2 Å². The Morgan fingerprint density at radius 2 is 1.96 bits per heavy atom. The maximum Gasteiger partial charge on any atom is 0.238 e. The molecule has 0 aliphatic rings. The molecule has 0 unspecified atom stereocenters. The lowest BCUT2D eigenvalue weighted by Crippen LogP contribution is -2.30. The minimum absolute atomic E-state index is 0.138. The van der Waals surface area contributed by atoms with Crippen molar-refractivity contribution in [3.05, 3.63) is 64.4 Å². The van der Waals surface area contributed by atoms with Crippen molar-refractivity contribution in [2.45, 2.75) is 19.9 Å². The SMILES string of the molecule is CCc1ccccc1NC(=O)CN(C)Cc1c(F)cccc1Cl. The van der Waals surface area contributed by atoms with Crippen LogP contribution in [-0.2, 0) is 17.8 Å². The predicted molar refractivity (Wildman–Crippen MR) is 92.2 cm³/mol. The first-order chi connectivity index (χ1) is 11.0. The summed E-state index contributed by atoms with van der Waals surface area (Å²) in [5.74, 6) is -0.498. The third-order valence-corrected chi connectivity index (χ3v) is 3.93. The van der Waals surface area contributed by atoms with Gasteiger partial charge in [0.1, 0.15) is 5.82 Å². The van der Waals surface area contributed by atoms with E-state index >= 15 is 0 Å². The zero-order chi connectivity index (χ0) is 16.8. The van der Waals surface area contributed by atoms with Crippen molar-refractivity contribution in [3.8, 4) is 0 Å². The average molecular weight is 335 g/mol. The van der Waals surface area contributed by atoms with E-state index in [-0.39, 0.29) is 24.8 Å². The van der Waals surface area contributed by atoms with E-state index in [0.717, 1.165) is 17.7 Å². The van der Waals surface area contributed by atoms with Crippen LogP contribution in [0.15, 0.2) is 42.5 Å². The van der Waals surface area contributed by atoms with Gasteiger partial charge in [0.15, 0.2) is 0 Å². The van der Waals surface area contributed by atoms with Crippen molar-refractivity contribution in [1.82, 2.24) is 4.90 Å². The van der Waals surface area contributed by atoms with E-state index in [2.05, 4.69) is 5.32 Å². The van der Waals surface area contributed by atoms with Gasteiger partial charge in [-0.3, -0.25) is 9.69 Å². The lowest BCUT2D eigenvalue weighted by Gasteiger charge is -2.18. The number of amides is 1. The number of hydrogen-bond acceptors (Lipinski definition) is 2. The van der Waals surface area contributed by atoms with Crippen LogP contribution in [0.5, 0.6) is 0 Å². The number of hydrogen-bond donors (Lipinski definition) is 1. The maximum absolute atomic E-state index is 13.8. The minimum atomic E-state index is -0.360. The van der Waals surface area contributed by atoms with Crippen molar-refractivity contribution in [2.24, 2.45) is 0 Å². The van der Waals surface area contributed by atoms with Crippen LogP contribution in [0.25, 0.3) is 0 Å². The third kappa shape index (κ3) is 4.78. The number of halogens is 2. The monoisotopic (exact) mass is 334 g/mol. The number of rotatable bonds is 6. The van der Waals surface area contributed by atoms with Crippen LogP contribution in [-0.4, -0.2) is 24.4 Å². The second-order valence-corrected chi connectivity index (χ2v) is 5.84. The van der Waals surface area contributed by atoms with E-state index in [4.69, 9.17) is 11.6 Å². The number of benzene rings is 2. The van der Waals surface area contributed by atoms with Gasteiger partial charge in [-0.05, 0) is 37.2 Å². The summed E-state index contributed by atoms with van der Waals surface area (Å²) in [6.45, 7) is 2.47. The molecule has 5 heteroatoms. The number of anilines is 1. The second-order valence-electron chi connectivity index (χ2n) is 5.43. The Morgan fingerprint density at radius 1 is 1.22 bits per heavy atom. The van der Waals surface area contributed by atoms with E-state index in [9.17, 15) is 9.18 Å². The maximum atomic E-state index is 13.8. The van der Waals surface area contributed by atoms with Gasteiger partial charge < -0.3 is 5.32 Å². The molecule has 0 atom stereocenters. The summed E-state index contributed by atoms with van der Waals surface area (Å²) < 4.78 is 13.8. The van der Waals surface area contributed by atoms with Gasteiger partial charge >= 0.3 is 0 Å². The molecule has 0 aromatic heterocycles. The van der Waals surface area contributed by atoms with Crippen LogP contribution >= 0.6 is 11.6 Å². The standard InChI is InChI=1S/C18H20ClFN2O/c1-3-13-7-4-5-10-17(13)21-18(23)12-22(2)11-14-15(19)8-6-9-16(14)20/h4-10H,3,11-12H2,1-2H3,(H,21,23). The molecule has 2 aromatic rings. The lowest BCUT2D eigenvalue weighted by molar-refractivity contribution is -0.117. The molecule has 0 radical (unpaired) electrons. The Hall–Kier alpha value is -1.91. The summed E-state index contributed by atoms with van der Waals surface area (Å²) in [5.41, 5.74) is 2.30. The molecule has 0 bridgehead atoms. The van der Waals surface area contributed by atoms with Crippen LogP contribution in [0.3, 0.4) is 0 Å². The largest absolute Gasteiger partial charge is 0.325 e. The van der Waals surface area contributed by atoms with Crippen LogP contribution < -0.4 is 5.32 Å². The molecule has 3 nitrogen and oxygen atoms in total. The average Bonchev–Trinajstić information content (AvgIpc) is 2.51. The second kappa shape index (κ2) is 8.09. The summed E-state index contributed by atoms with van der Waals surface area (Å²) in [4.78, 5) is 13.9. The molecule has 0 aliphatic carbocycles. The molecule has 23 heavy (non-hydrogen) atoms. The first-order valence-corrected chi connectivity index (χ1v) is 7.88. The molecule has 0 aliphatic heterocycles. The smallest absolute Gasteiger partial charge is 0.238 e. The van der Waals surface area contributed by atoms with Crippen molar-refractivity contribution in [3.63, 3.8) is 0 Å². The molecular formula is C18H20ClFN2O. The summed E-state index contributed by atoms with van der Waals surface area (Å²) in [6, 6.07) is 12.3. The molecule has 2 rings (SSSR count). The van der Waals surface area contributed by atoms with Crippen LogP contribution in [0.4, 0.5) is 10.1 Å². The summed E-state index contributed by atoms with van der Waals surface area (Å²) in [6.07, 6.45) is 0.844. The third-order valence-electron chi connectivity index (χ3n) is 3.58. The fourth-order valence-corrected chi connectivity index (χ4v) is 2.62. The molecular weight excluding hydrogens is 315 g/mol. The van der Waals surface area contributed by atoms with Crippen LogP contribution in [0.2, 0.25) is 5.02 Å². The highest BCUT2D eigenvalue weighted by Crippen LogP contribution is 2.20. The van der Waals surface area contributed by atoms with Crippen molar-refractivity contribution < 1.29 is 9.18 Å². The van der Waals surface area contributed by atoms with Gasteiger partial charge in [0.25, 0.3) is 0 Å². The van der Waals surface area contributed by atoms with Gasteiger partial charge in [-0.15, -0.1) is 0 Å². The number of nitrogens with zero attached hydrogens (tertiary/aromatic N) is 1. The molecule has 1 amide bonds. The van der Waals surface area contributed by atoms with E-state index in [1.54, 1.807) is 24.1 Å². The van der Waals surface area contributed by atoms with E-state index in [0.29, 0.717) is 10.6 Å². The lowest BCUT2D eigenvalue weighted by atomic mass is 10.1. The Kier molecular flexibility index (Phi) is 6.13. The molecule has 0 heterocycles. The van der Waals surface area contributed by atoms with E-state index in [1.807, 2.05) is 31.2 Å². The van der Waals surface area contributed by atoms with Gasteiger partial charge in [-0.1, -0.05) is 42.8 Å². The van der Waals surface area contributed by atoms with E-state index in [1.165, 1.54) is 6.07 Å². The number of likely N-dealkylation sites (N-methyl/N-ethyl adjacent to an activating group) is 1. The van der Waals surface area contributed by atoms with Crippen LogP contribution in [0, 0.1) is 5.82 Å². The zero-order valence-corrected chi connectivity index (χ0v) is 14.0. The number of carbonyl (C=O) groups excluding carboxylic acids is 1.